The molecule has 1 aliphatic heterocycles. The second-order valence-electron chi connectivity index (χ2n) is 6.82. The van der Waals surface area contributed by atoms with Gasteiger partial charge in [0.15, 0.2) is 0 Å². The van der Waals surface area contributed by atoms with Gasteiger partial charge in [-0.3, -0.25) is 0 Å². The summed E-state index contributed by atoms with van der Waals surface area (Å²) in [5, 5.41) is 1.56. The molecule has 9 heteroatoms. The quantitative estimate of drug-likeness (QED) is 0.385. The van der Waals surface area contributed by atoms with Crippen LogP contribution in [-0.2, 0) is 15.8 Å². The van der Waals surface area contributed by atoms with E-state index in [9.17, 15) is 13.2 Å². The van der Waals surface area contributed by atoms with Crippen molar-refractivity contribution in [2.75, 3.05) is 13.1 Å². The third-order valence-corrected chi connectivity index (χ3v) is 8.20. The maximum absolute atomic E-state index is 12.7. The van der Waals surface area contributed by atoms with Crippen LogP contribution in [0.2, 0.25) is 0 Å². The first-order chi connectivity index (χ1) is 13.9. The Hall–Kier alpha value is -1.68. The van der Waals surface area contributed by atoms with E-state index in [-0.39, 0.29) is 4.90 Å². The molecular formula is C20H19BrN2O4S2. The Labute approximate surface area is 181 Å². The maximum atomic E-state index is 12.7. The number of hydrogen-bond donors (Lipinski definition) is 0. The van der Waals surface area contributed by atoms with E-state index in [4.69, 9.17) is 4.42 Å². The first kappa shape index (κ1) is 20.6. The van der Waals surface area contributed by atoms with Gasteiger partial charge in [0.2, 0.25) is 10.0 Å². The number of nitrogens with zero attached hydrogens (tertiary/aromatic N) is 2. The van der Waals surface area contributed by atoms with E-state index in [1.54, 1.807) is 18.2 Å². The van der Waals surface area contributed by atoms with Crippen LogP contribution in [0.5, 0.6) is 0 Å². The van der Waals surface area contributed by atoms with Gasteiger partial charge < -0.3 is 4.42 Å². The van der Waals surface area contributed by atoms with E-state index in [2.05, 4.69) is 20.9 Å². The van der Waals surface area contributed by atoms with Crippen LogP contribution in [0.4, 0.5) is 0 Å². The molecule has 4 rings (SSSR count). The first-order valence-electron chi connectivity index (χ1n) is 9.25. The molecule has 0 bridgehead atoms. The molecule has 1 aliphatic rings. The number of pyridine rings is 1. The normalized spacial score (nSPS) is 15.6. The zero-order chi connectivity index (χ0) is 20.4. The van der Waals surface area contributed by atoms with Gasteiger partial charge in [0.05, 0.1) is 5.03 Å². The summed E-state index contributed by atoms with van der Waals surface area (Å²) >= 11 is 4.82. The van der Waals surface area contributed by atoms with Crippen LogP contribution < -0.4 is 5.63 Å². The predicted molar refractivity (Wildman–Crippen MR) is 117 cm³/mol. The summed E-state index contributed by atoms with van der Waals surface area (Å²) < 4.78 is 33.1. The second kappa shape index (κ2) is 8.59. The summed E-state index contributed by atoms with van der Waals surface area (Å²) in [6.45, 7) is 1.14. The van der Waals surface area contributed by atoms with Crippen LogP contribution >= 0.6 is 27.7 Å². The summed E-state index contributed by atoms with van der Waals surface area (Å²) in [6.07, 6.45) is 4.29. The first-order valence-corrected chi connectivity index (χ1v) is 12.5. The number of hydrogen-bond acceptors (Lipinski definition) is 6. The lowest BCUT2D eigenvalue weighted by Gasteiger charge is -2.25. The number of rotatable bonds is 5. The largest absolute Gasteiger partial charge is 0.423 e. The van der Waals surface area contributed by atoms with Crippen molar-refractivity contribution < 1.29 is 12.8 Å². The van der Waals surface area contributed by atoms with Crippen molar-refractivity contribution in [1.82, 2.24) is 9.29 Å². The molecule has 6 nitrogen and oxygen atoms in total. The molecular weight excluding hydrogens is 476 g/mol. The molecule has 3 aromatic rings. The van der Waals surface area contributed by atoms with Crippen LogP contribution in [0.3, 0.4) is 0 Å². The Morgan fingerprint density at radius 3 is 2.62 bits per heavy atom. The van der Waals surface area contributed by atoms with Crippen LogP contribution in [-0.4, -0.2) is 30.8 Å². The predicted octanol–water partition coefficient (Wildman–Crippen LogP) is 4.42. The topological polar surface area (TPSA) is 80.5 Å². The molecule has 0 radical (unpaired) electrons. The van der Waals surface area contributed by atoms with Crippen molar-refractivity contribution in [3.8, 4) is 0 Å². The molecule has 29 heavy (non-hydrogen) atoms. The Bertz CT molecular complexity index is 1190. The summed E-state index contributed by atoms with van der Waals surface area (Å²) in [7, 11) is -3.48. The highest BCUT2D eigenvalue weighted by Gasteiger charge is 2.26. The highest BCUT2D eigenvalue weighted by molar-refractivity contribution is 9.10. The molecule has 0 saturated carbocycles. The Kier molecular flexibility index (Phi) is 6.10. The third-order valence-electron chi connectivity index (χ3n) is 4.83. The Morgan fingerprint density at radius 1 is 1.10 bits per heavy atom. The van der Waals surface area contributed by atoms with E-state index in [1.807, 2.05) is 12.1 Å². The minimum absolute atomic E-state index is 0.222. The van der Waals surface area contributed by atoms with E-state index >= 15 is 0 Å². The van der Waals surface area contributed by atoms with Gasteiger partial charge >= 0.3 is 5.63 Å². The van der Waals surface area contributed by atoms with Gasteiger partial charge in [-0.15, -0.1) is 11.8 Å². The number of sulfonamides is 1. The molecule has 0 aliphatic carbocycles. The van der Waals surface area contributed by atoms with Gasteiger partial charge in [-0.2, -0.15) is 4.31 Å². The molecule has 0 atom stereocenters. The molecule has 3 heterocycles. The van der Waals surface area contributed by atoms with Crippen molar-refractivity contribution >= 4 is 48.7 Å². The fourth-order valence-corrected chi connectivity index (χ4v) is 5.97. The lowest BCUT2D eigenvalue weighted by atomic mass is 10.1. The van der Waals surface area contributed by atoms with Gasteiger partial charge in [0.1, 0.15) is 10.5 Å². The second-order valence-corrected chi connectivity index (χ2v) is 10.7. The van der Waals surface area contributed by atoms with Crippen LogP contribution in [0.1, 0.15) is 24.8 Å². The molecule has 1 fully saturated rings. The lowest BCUT2D eigenvalue weighted by molar-refractivity contribution is 0.346. The van der Waals surface area contributed by atoms with Gasteiger partial charge in [0.25, 0.3) is 0 Å². The maximum Gasteiger partial charge on any atom is 0.336 e. The number of fused-ring (bicyclic) bond motifs is 1. The molecule has 1 aromatic carbocycles. The van der Waals surface area contributed by atoms with Gasteiger partial charge in [0, 0.05) is 41.0 Å². The zero-order valence-corrected chi connectivity index (χ0v) is 18.7. The van der Waals surface area contributed by atoms with Crippen molar-refractivity contribution in [3.63, 3.8) is 0 Å². The number of piperidine rings is 1. The third kappa shape index (κ3) is 4.58. The van der Waals surface area contributed by atoms with E-state index in [1.165, 1.54) is 28.3 Å². The molecule has 0 N–H and O–H groups in total. The highest BCUT2D eigenvalue weighted by Crippen LogP contribution is 2.28. The molecule has 0 unspecified atom stereocenters. The van der Waals surface area contributed by atoms with Gasteiger partial charge in [-0.1, -0.05) is 22.4 Å². The average Bonchev–Trinajstić information content (AvgIpc) is 2.72. The number of aromatic nitrogens is 1. The lowest BCUT2D eigenvalue weighted by Crippen LogP contribution is -2.35. The molecule has 152 valence electrons. The zero-order valence-electron chi connectivity index (χ0n) is 15.5. The Balaban J connectivity index is 1.51. The Morgan fingerprint density at radius 2 is 1.90 bits per heavy atom. The average molecular weight is 495 g/mol. The molecule has 0 amide bonds. The fraction of sp³-hybridized carbons (Fsp3) is 0.300. The van der Waals surface area contributed by atoms with Crippen LogP contribution in [0.25, 0.3) is 11.0 Å². The summed E-state index contributed by atoms with van der Waals surface area (Å²) in [5.41, 5.74) is 0.973. The van der Waals surface area contributed by atoms with Crippen molar-refractivity contribution in [2.45, 2.75) is 34.9 Å². The monoisotopic (exact) mass is 494 g/mol. The number of benzene rings is 1. The minimum Gasteiger partial charge on any atom is -0.423 e. The fourth-order valence-electron chi connectivity index (χ4n) is 3.33. The molecule has 0 spiro atoms. The SMILES string of the molecule is O=c1cc(CSc2ccc(S(=O)(=O)N3CCCCC3)cn2)c2ccc(Br)cc2o1. The van der Waals surface area contributed by atoms with Crippen LogP contribution in [0.15, 0.2) is 66.2 Å². The summed E-state index contributed by atoms with van der Waals surface area (Å²) in [5.74, 6) is 0.523. The van der Waals surface area contributed by atoms with Crippen molar-refractivity contribution in [2.24, 2.45) is 0 Å². The molecule has 1 saturated heterocycles. The highest BCUT2D eigenvalue weighted by atomic mass is 79.9. The smallest absolute Gasteiger partial charge is 0.336 e. The van der Waals surface area contributed by atoms with Crippen LogP contribution in [0, 0.1) is 0 Å². The van der Waals surface area contributed by atoms with Gasteiger partial charge in [-0.25, -0.2) is 18.2 Å². The van der Waals surface area contributed by atoms with E-state index in [0.717, 1.165) is 34.7 Å². The summed E-state index contributed by atoms with van der Waals surface area (Å²) in [6, 6.07) is 10.4. The minimum atomic E-state index is -3.48. The number of halogens is 1. The van der Waals surface area contributed by atoms with Gasteiger partial charge in [-0.05, 0) is 48.7 Å². The van der Waals surface area contributed by atoms with E-state index in [0.29, 0.717) is 29.5 Å². The molecule has 2 aromatic heterocycles. The van der Waals surface area contributed by atoms with Crippen molar-refractivity contribution in [1.29, 1.82) is 0 Å². The van der Waals surface area contributed by atoms with E-state index < -0.39 is 15.6 Å². The standard InChI is InChI=1S/C20H19BrN2O4S2/c21-15-4-6-17-14(10-20(24)27-18(17)11-15)13-28-19-7-5-16(12-22-19)29(25,26)23-8-2-1-3-9-23/h4-7,10-12H,1-3,8-9,13H2. The van der Waals surface area contributed by atoms with Crippen molar-refractivity contribution in [3.05, 3.63) is 63.1 Å². The number of thioether (sulfide) groups is 1. The summed E-state index contributed by atoms with van der Waals surface area (Å²) in [4.78, 5) is 16.4.